The Balaban J connectivity index is 2.20. The number of benzene rings is 1. The minimum atomic E-state index is -0.239. The van der Waals surface area contributed by atoms with Gasteiger partial charge in [-0.15, -0.1) is 0 Å². The van der Waals surface area contributed by atoms with E-state index in [4.69, 9.17) is 10.2 Å². The summed E-state index contributed by atoms with van der Waals surface area (Å²) in [5, 5.41) is 1.14. The summed E-state index contributed by atoms with van der Waals surface area (Å²) in [4.78, 5) is 0. The Morgan fingerprint density at radius 2 is 2.13 bits per heavy atom. The largest absolute Gasteiger partial charge is 0.464 e. The van der Waals surface area contributed by atoms with E-state index in [1.165, 1.54) is 12.8 Å². The third-order valence-electron chi connectivity index (χ3n) is 3.48. The molecule has 2 nitrogen and oxygen atoms in total. The molecule has 1 atom stereocenters. The molecular weight excluding hydrogens is 186 g/mol. The van der Waals surface area contributed by atoms with Crippen molar-refractivity contribution in [1.29, 1.82) is 0 Å². The summed E-state index contributed by atoms with van der Waals surface area (Å²) in [6, 6.07) is 8.19. The first-order chi connectivity index (χ1) is 7.19. The molecule has 0 aliphatic heterocycles. The molecule has 2 heteroatoms. The highest BCUT2D eigenvalue weighted by molar-refractivity contribution is 5.81. The van der Waals surface area contributed by atoms with Gasteiger partial charge in [-0.1, -0.05) is 18.2 Å². The number of hydrogen-bond acceptors (Lipinski definition) is 2. The Hall–Kier alpha value is -1.28. The van der Waals surface area contributed by atoms with E-state index in [0.29, 0.717) is 5.92 Å². The van der Waals surface area contributed by atoms with E-state index < -0.39 is 0 Å². The van der Waals surface area contributed by atoms with E-state index in [9.17, 15) is 0 Å². The average Bonchev–Trinajstić information content (AvgIpc) is 2.97. The SMILES string of the molecule is CC(N)(c1cccc2ccoc12)C1CC1. The van der Waals surface area contributed by atoms with E-state index in [1.807, 2.05) is 6.07 Å². The number of hydrogen-bond donors (Lipinski definition) is 1. The monoisotopic (exact) mass is 201 g/mol. The van der Waals surface area contributed by atoms with Crippen LogP contribution in [0.25, 0.3) is 11.0 Å². The maximum Gasteiger partial charge on any atom is 0.138 e. The summed E-state index contributed by atoms with van der Waals surface area (Å²) in [6.45, 7) is 2.11. The molecule has 1 fully saturated rings. The van der Waals surface area contributed by atoms with Crippen LogP contribution in [0, 0.1) is 5.92 Å². The minimum absolute atomic E-state index is 0.239. The molecule has 1 saturated carbocycles. The van der Waals surface area contributed by atoms with E-state index in [2.05, 4.69) is 25.1 Å². The number of rotatable bonds is 2. The highest BCUT2D eigenvalue weighted by Crippen LogP contribution is 2.45. The maximum atomic E-state index is 6.41. The number of nitrogens with two attached hydrogens (primary N) is 1. The topological polar surface area (TPSA) is 39.2 Å². The van der Waals surface area contributed by atoms with Gasteiger partial charge in [-0.3, -0.25) is 0 Å². The molecule has 0 spiro atoms. The normalized spacial score (nSPS) is 20.4. The van der Waals surface area contributed by atoms with Crippen molar-refractivity contribution in [3.8, 4) is 0 Å². The Morgan fingerprint density at radius 3 is 2.87 bits per heavy atom. The minimum Gasteiger partial charge on any atom is -0.464 e. The van der Waals surface area contributed by atoms with Gasteiger partial charge >= 0.3 is 0 Å². The van der Waals surface area contributed by atoms with E-state index in [-0.39, 0.29) is 5.54 Å². The van der Waals surface area contributed by atoms with E-state index in [0.717, 1.165) is 16.5 Å². The van der Waals surface area contributed by atoms with Gasteiger partial charge in [-0.25, -0.2) is 0 Å². The van der Waals surface area contributed by atoms with Crippen LogP contribution in [0.1, 0.15) is 25.3 Å². The molecule has 0 amide bonds. The van der Waals surface area contributed by atoms with Gasteiger partial charge in [0.25, 0.3) is 0 Å². The smallest absolute Gasteiger partial charge is 0.138 e. The predicted molar refractivity (Wildman–Crippen MR) is 60.5 cm³/mol. The fraction of sp³-hybridized carbons (Fsp3) is 0.385. The molecule has 1 aliphatic carbocycles. The Kier molecular flexibility index (Phi) is 1.71. The fourth-order valence-electron chi connectivity index (χ4n) is 2.32. The quantitative estimate of drug-likeness (QED) is 0.811. The van der Waals surface area contributed by atoms with Crippen LogP contribution in [0.15, 0.2) is 34.9 Å². The predicted octanol–water partition coefficient (Wildman–Crippen LogP) is 3.02. The van der Waals surface area contributed by atoms with Crippen molar-refractivity contribution in [3.63, 3.8) is 0 Å². The van der Waals surface area contributed by atoms with Gasteiger partial charge in [0, 0.05) is 16.5 Å². The van der Waals surface area contributed by atoms with Crippen LogP contribution in [0.5, 0.6) is 0 Å². The maximum absolute atomic E-state index is 6.41. The van der Waals surface area contributed by atoms with Crippen molar-refractivity contribution in [1.82, 2.24) is 0 Å². The molecule has 1 aromatic heterocycles. The second-order valence-corrected chi connectivity index (χ2v) is 4.70. The van der Waals surface area contributed by atoms with Gasteiger partial charge in [0.15, 0.2) is 0 Å². The van der Waals surface area contributed by atoms with Crippen molar-refractivity contribution >= 4 is 11.0 Å². The lowest BCUT2D eigenvalue weighted by Crippen LogP contribution is -2.35. The first kappa shape index (κ1) is 8.98. The lowest BCUT2D eigenvalue weighted by atomic mass is 9.87. The van der Waals surface area contributed by atoms with Gasteiger partial charge in [0.2, 0.25) is 0 Å². The molecule has 1 aliphatic rings. The lowest BCUT2D eigenvalue weighted by Gasteiger charge is -2.25. The highest BCUT2D eigenvalue weighted by atomic mass is 16.3. The number of para-hydroxylation sites is 1. The highest BCUT2D eigenvalue weighted by Gasteiger charge is 2.41. The molecule has 15 heavy (non-hydrogen) atoms. The van der Waals surface area contributed by atoms with Gasteiger partial charge in [0.05, 0.1) is 6.26 Å². The van der Waals surface area contributed by atoms with Crippen molar-refractivity contribution in [2.24, 2.45) is 11.7 Å². The third-order valence-corrected chi connectivity index (χ3v) is 3.48. The number of furan rings is 1. The second-order valence-electron chi connectivity index (χ2n) is 4.70. The zero-order valence-electron chi connectivity index (χ0n) is 8.86. The van der Waals surface area contributed by atoms with Crippen molar-refractivity contribution in [2.75, 3.05) is 0 Å². The van der Waals surface area contributed by atoms with Crippen molar-refractivity contribution in [2.45, 2.75) is 25.3 Å². The van der Waals surface area contributed by atoms with Crippen LogP contribution in [0.4, 0.5) is 0 Å². The molecule has 0 saturated heterocycles. The van der Waals surface area contributed by atoms with Crippen LogP contribution in [-0.2, 0) is 5.54 Å². The third kappa shape index (κ3) is 1.29. The van der Waals surface area contributed by atoms with Gasteiger partial charge < -0.3 is 10.2 Å². The van der Waals surface area contributed by atoms with Crippen molar-refractivity contribution in [3.05, 3.63) is 36.1 Å². The Labute approximate surface area is 89.1 Å². The molecule has 0 radical (unpaired) electrons. The van der Waals surface area contributed by atoms with Crippen LogP contribution in [0.2, 0.25) is 0 Å². The molecule has 1 heterocycles. The van der Waals surface area contributed by atoms with Crippen molar-refractivity contribution < 1.29 is 4.42 Å². The van der Waals surface area contributed by atoms with Crippen LogP contribution in [0.3, 0.4) is 0 Å². The summed E-state index contributed by atoms with van der Waals surface area (Å²) in [5.74, 6) is 0.619. The molecule has 1 unspecified atom stereocenters. The average molecular weight is 201 g/mol. The molecule has 0 bridgehead atoms. The number of fused-ring (bicyclic) bond motifs is 1. The summed E-state index contributed by atoms with van der Waals surface area (Å²) in [7, 11) is 0. The molecule has 1 aromatic carbocycles. The molecule has 78 valence electrons. The van der Waals surface area contributed by atoms with Crippen LogP contribution >= 0.6 is 0 Å². The van der Waals surface area contributed by atoms with Gasteiger partial charge in [-0.2, -0.15) is 0 Å². The zero-order valence-corrected chi connectivity index (χ0v) is 8.86. The summed E-state index contributed by atoms with van der Waals surface area (Å²) in [5.41, 5.74) is 8.27. The molecule has 3 rings (SSSR count). The molecule has 2 N–H and O–H groups in total. The molecular formula is C13H15NO. The summed E-state index contributed by atoms with van der Waals surface area (Å²) in [6.07, 6.45) is 4.21. The van der Waals surface area contributed by atoms with Crippen LogP contribution in [-0.4, -0.2) is 0 Å². The van der Waals surface area contributed by atoms with Gasteiger partial charge in [0.1, 0.15) is 5.58 Å². The Morgan fingerprint density at radius 1 is 1.33 bits per heavy atom. The zero-order chi connectivity index (χ0) is 10.5. The van der Waals surface area contributed by atoms with Crippen LogP contribution < -0.4 is 5.73 Å². The molecule has 2 aromatic rings. The van der Waals surface area contributed by atoms with Gasteiger partial charge in [-0.05, 0) is 31.7 Å². The van der Waals surface area contributed by atoms with E-state index in [1.54, 1.807) is 6.26 Å². The standard InChI is InChI=1S/C13H15NO/c1-13(14,10-5-6-10)11-4-2-3-9-7-8-15-12(9)11/h2-4,7-8,10H,5-6,14H2,1H3. The van der Waals surface area contributed by atoms with E-state index >= 15 is 0 Å². The second kappa shape index (κ2) is 2.86. The first-order valence-corrected chi connectivity index (χ1v) is 5.45. The summed E-state index contributed by atoms with van der Waals surface area (Å²) >= 11 is 0. The summed E-state index contributed by atoms with van der Waals surface area (Å²) < 4.78 is 5.53. The first-order valence-electron chi connectivity index (χ1n) is 5.45. The Bertz CT molecular complexity index is 494. The fourth-order valence-corrected chi connectivity index (χ4v) is 2.32. The lowest BCUT2D eigenvalue weighted by molar-refractivity contribution is 0.423.